The summed E-state index contributed by atoms with van der Waals surface area (Å²) in [5.74, 6) is -0.162. The van der Waals surface area contributed by atoms with Gasteiger partial charge >= 0.3 is 0 Å². The van der Waals surface area contributed by atoms with Crippen LogP contribution in [-0.2, 0) is 0 Å². The first kappa shape index (κ1) is 12.7. The van der Waals surface area contributed by atoms with E-state index in [1.165, 1.54) is 0 Å². The van der Waals surface area contributed by atoms with Gasteiger partial charge in [0.05, 0.1) is 11.7 Å². The fourth-order valence-electron chi connectivity index (χ4n) is 2.65. The number of aromatic nitrogens is 1. The summed E-state index contributed by atoms with van der Waals surface area (Å²) in [5, 5.41) is 19.6. The van der Waals surface area contributed by atoms with Gasteiger partial charge in [-0.15, -0.1) is 0 Å². The number of carbonyl (C=O) groups excluding carboxylic acids is 1. The maximum Gasteiger partial charge on any atom is 0.271 e. The highest BCUT2D eigenvalue weighted by Gasteiger charge is 2.26. The number of hydrogen-bond acceptors (Lipinski definition) is 3. The number of benzene rings is 1. The number of amides is 1. The zero-order valence-corrected chi connectivity index (χ0v) is 11.0. The van der Waals surface area contributed by atoms with Crippen LogP contribution in [0.25, 0.3) is 10.9 Å². The van der Waals surface area contributed by atoms with Crippen LogP contribution in [0.2, 0.25) is 0 Å². The second-order valence-corrected chi connectivity index (χ2v) is 5.06. The normalized spacial score (nSPS) is 16.3. The van der Waals surface area contributed by atoms with E-state index in [0.29, 0.717) is 37.2 Å². The van der Waals surface area contributed by atoms with Crippen LogP contribution in [0.1, 0.15) is 28.9 Å². The SMILES string of the molecule is N#Cc1c(C(=O)N2CCC(O)CC2)[nH]c2ccccc12. The number of piperidine rings is 1. The molecule has 0 radical (unpaired) electrons. The molecule has 1 saturated heterocycles. The third-order valence-electron chi connectivity index (χ3n) is 3.78. The average Bonchev–Trinajstić information content (AvgIpc) is 2.85. The lowest BCUT2D eigenvalue weighted by Gasteiger charge is -2.29. The van der Waals surface area contributed by atoms with Crippen molar-refractivity contribution in [3.05, 3.63) is 35.5 Å². The van der Waals surface area contributed by atoms with Crippen molar-refractivity contribution in [2.24, 2.45) is 0 Å². The Morgan fingerprint density at radius 3 is 2.75 bits per heavy atom. The number of para-hydroxylation sites is 1. The Kier molecular flexibility index (Phi) is 3.17. The Morgan fingerprint density at radius 1 is 1.35 bits per heavy atom. The Morgan fingerprint density at radius 2 is 2.05 bits per heavy atom. The number of nitrogens with zero attached hydrogens (tertiary/aromatic N) is 2. The minimum atomic E-state index is -0.322. The highest BCUT2D eigenvalue weighted by atomic mass is 16.3. The fourth-order valence-corrected chi connectivity index (χ4v) is 2.65. The number of aliphatic hydroxyl groups is 1. The highest BCUT2D eigenvalue weighted by Crippen LogP contribution is 2.23. The third-order valence-corrected chi connectivity index (χ3v) is 3.78. The van der Waals surface area contributed by atoms with Gasteiger partial charge in [0.1, 0.15) is 11.8 Å². The molecule has 1 amide bonds. The van der Waals surface area contributed by atoms with Crippen molar-refractivity contribution in [2.45, 2.75) is 18.9 Å². The van der Waals surface area contributed by atoms with Crippen molar-refractivity contribution >= 4 is 16.8 Å². The first-order chi connectivity index (χ1) is 9.70. The second kappa shape index (κ2) is 4.99. The first-order valence-corrected chi connectivity index (χ1v) is 6.69. The molecule has 1 aromatic heterocycles. The minimum Gasteiger partial charge on any atom is -0.393 e. The van der Waals surface area contributed by atoms with Gasteiger partial charge in [-0.05, 0) is 18.9 Å². The number of fused-ring (bicyclic) bond motifs is 1. The van der Waals surface area contributed by atoms with Crippen molar-refractivity contribution in [2.75, 3.05) is 13.1 Å². The number of carbonyl (C=O) groups is 1. The number of nitriles is 1. The van der Waals surface area contributed by atoms with E-state index in [1.807, 2.05) is 24.3 Å². The summed E-state index contributed by atoms with van der Waals surface area (Å²) in [5.41, 5.74) is 1.55. The van der Waals surface area contributed by atoms with Crippen molar-refractivity contribution in [1.82, 2.24) is 9.88 Å². The Bertz CT molecular complexity index is 691. The molecule has 2 heterocycles. The summed E-state index contributed by atoms with van der Waals surface area (Å²) in [4.78, 5) is 17.3. The van der Waals surface area contributed by atoms with Gasteiger partial charge in [0.25, 0.3) is 5.91 Å². The number of hydrogen-bond donors (Lipinski definition) is 2. The van der Waals surface area contributed by atoms with Crippen molar-refractivity contribution in [1.29, 1.82) is 5.26 Å². The van der Waals surface area contributed by atoms with Crippen LogP contribution in [0.3, 0.4) is 0 Å². The molecule has 0 bridgehead atoms. The fraction of sp³-hybridized carbons (Fsp3) is 0.333. The zero-order chi connectivity index (χ0) is 14.1. The third kappa shape index (κ3) is 2.04. The number of aliphatic hydroxyl groups excluding tert-OH is 1. The van der Waals surface area contributed by atoms with E-state index in [0.717, 1.165) is 10.9 Å². The maximum absolute atomic E-state index is 12.5. The van der Waals surface area contributed by atoms with Gasteiger partial charge in [-0.25, -0.2) is 0 Å². The molecule has 0 atom stereocenters. The summed E-state index contributed by atoms with van der Waals surface area (Å²) >= 11 is 0. The van der Waals surface area contributed by atoms with Gasteiger partial charge < -0.3 is 15.0 Å². The highest BCUT2D eigenvalue weighted by molar-refractivity contribution is 6.02. The van der Waals surface area contributed by atoms with Crippen LogP contribution in [-0.4, -0.2) is 40.1 Å². The van der Waals surface area contributed by atoms with Gasteiger partial charge in [0.15, 0.2) is 0 Å². The minimum absolute atomic E-state index is 0.162. The van der Waals surface area contributed by atoms with E-state index >= 15 is 0 Å². The lowest BCUT2D eigenvalue weighted by atomic mass is 10.1. The number of aromatic amines is 1. The molecule has 5 heteroatoms. The molecule has 3 rings (SSSR count). The van der Waals surface area contributed by atoms with Crippen LogP contribution in [0.4, 0.5) is 0 Å². The molecule has 2 aromatic rings. The van der Waals surface area contributed by atoms with Gasteiger partial charge in [-0.3, -0.25) is 4.79 Å². The van der Waals surface area contributed by atoms with Crippen LogP contribution >= 0.6 is 0 Å². The molecule has 1 fully saturated rings. The zero-order valence-electron chi connectivity index (χ0n) is 11.0. The molecule has 1 aliphatic rings. The molecule has 0 aliphatic carbocycles. The van der Waals surface area contributed by atoms with E-state index in [2.05, 4.69) is 11.1 Å². The first-order valence-electron chi connectivity index (χ1n) is 6.69. The molecular weight excluding hydrogens is 254 g/mol. The van der Waals surface area contributed by atoms with E-state index in [4.69, 9.17) is 0 Å². The monoisotopic (exact) mass is 269 g/mol. The van der Waals surface area contributed by atoms with E-state index in [1.54, 1.807) is 4.90 Å². The molecule has 20 heavy (non-hydrogen) atoms. The standard InChI is InChI=1S/C15H15N3O2/c16-9-12-11-3-1-2-4-13(11)17-14(12)15(20)18-7-5-10(19)6-8-18/h1-4,10,17,19H,5-8H2. The number of H-pyrrole nitrogens is 1. The van der Waals surface area contributed by atoms with Gasteiger partial charge in [-0.1, -0.05) is 18.2 Å². The molecule has 1 aromatic carbocycles. The molecule has 0 saturated carbocycles. The number of likely N-dealkylation sites (tertiary alicyclic amines) is 1. The van der Waals surface area contributed by atoms with Crippen LogP contribution in [0.15, 0.2) is 24.3 Å². The smallest absolute Gasteiger partial charge is 0.271 e. The maximum atomic E-state index is 12.5. The predicted molar refractivity (Wildman–Crippen MR) is 74.2 cm³/mol. The van der Waals surface area contributed by atoms with Gasteiger partial charge in [0, 0.05) is 24.0 Å². The predicted octanol–water partition coefficient (Wildman–Crippen LogP) is 1.64. The van der Waals surface area contributed by atoms with Gasteiger partial charge in [0.2, 0.25) is 0 Å². The largest absolute Gasteiger partial charge is 0.393 e. The lowest BCUT2D eigenvalue weighted by Crippen LogP contribution is -2.40. The molecule has 1 aliphatic heterocycles. The Balaban J connectivity index is 1.97. The second-order valence-electron chi connectivity index (χ2n) is 5.06. The van der Waals surface area contributed by atoms with Crippen LogP contribution in [0, 0.1) is 11.3 Å². The summed E-state index contributed by atoms with van der Waals surface area (Å²) in [6, 6.07) is 9.52. The van der Waals surface area contributed by atoms with Crippen LogP contribution < -0.4 is 0 Å². The average molecular weight is 269 g/mol. The van der Waals surface area contributed by atoms with E-state index in [9.17, 15) is 15.2 Å². The summed E-state index contributed by atoms with van der Waals surface area (Å²) in [6.45, 7) is 1.06. The quantitative estimate of drug-likeness (QED) is 0.825. The topological polar surface area (TPSA) is 80.1 Å². The van der Waals surface area contributed by atoms with Crippen LogP contribution in [0.5, 0.6) is 0 Å². The lowest BCUT2D eigenvalue weighted by molar-refractivity contribution is 0.0542. The molecule has 5 nitrogen and oxygen atoms in total. The number of nitrogens with one attached hydrogen (secondary N) is 1. The number of rotatable bonds is 1. The summed E-state index contributed by atoms with van der Waals surface area (Å²) in [7, 11) is 0. The molecule has 102 valence electrons. The van der Waals surface area contributed by atoms with E-state index in [-0.39, 0.29) is 12.0 Å². The van der Waals surface area contributed by atoms with Crippen molar-refractivity contribution in [3.8, 4) is 6.07 Å². The van der Waals surface area contributed by atoms with Crippen molar-refractivity contribution in [3.63, 3.8) is 0 Å². The Hall–Kier alpha value is -2.32. The molecule has 0 spiro atoms. The van der Waals surface area contributed by atoms with Crippen molar-refractivity contribution < 1.29 is 9.90 Å². The van der Waals surface area contributed by atoms with E-state index < -0.39 is 0 Å². The summed E-state index contributed by atoms with van der Waals surface area (Å²) < 4.78 is 0. The molecular formula is C15H15N3O2. The summed E-state index contributed by atoms with van der Waals surface area (Å²) in [6.07, 6.45) is 0.860. The Labute approximate surface area is 116 Å². The molecule has 2 N–H and O–H groups in total. The molecule has 0 unspecified atom stereocenters. The van der Waals surface area contributed by atoms with Gasteiger partial charge in [-0.2, -0.15) is 5.26 Å².